The third-order valence-corrected chi connectivity index (χ3v) is 6.98. The Bertz CT molecular complexity index is 1530. The quantitative estimate of drug-likeness (QED) is 0.213. The van der Waals surface area contributed by atoms with Crippen LogP contribution in [0.3, 0.4) is 0 Å². The van der Waals surface area contributed by atoms with Crippen molar-refractivity contribution in [3.05, 3.63) is 75.2 Å². The molecule has 0 aliphatic carbocycles. The predicted octanol–water partition coefficient (Wildman–Crippen LogP) is 4.33. The number of hydrogen-bond donors (Lipinski definition) is 4. The van der Waals surface area contributed by atoms with Crippen LogP contribution in [0.2, 0.25) is 5.02 Å². The largest absolute Gasteiger partial charge is 0.387 e. The molecule has 0 radical (unpaired) electrons. The van der Waals surface area contributed by atoms with Crippen molar-refractivity contribution in [2.75, 3.05) is 29.9 Å². The fourth-order valence-corrected chi connectivity index (χ4v) is 5.00. The van der Waals surface area contributed by atoms with E-state index in [-0.39, 0.29) is 18.1 Å². The normalized spacial score (nSPS) is 14.9. The van der Waals surface area contributed by atoms with Crippen LogP contribution >= 0.6 is 11.6 Å². The second-order valence-electron chi connectivity index (χ2n) is 9.23. The Morgan fingerprint density at radius 3 is 2.84 bits per heavy atom. The van der Waals surface area contributed by atoms with Crippen molar-refractivity contribution in [3.8, 4) is 11.4 Å². The van der Waals surface area contributed by atoms with Crippen LogP contribution in [-0.2, 0) is 4.79 Å². The molecule has 3 heterocycles. The molecule has 37 heavy (non-hydrogen) atoms. The zero-order chi connectivity index (χ0) is 25.9. The molecule has 0 saturated carbocycles. The molecule has 1 aliphatic heterocycles. The van der Waals surface area contributed by atoms with E-state index in [1.54, 1.807) is 42.6 Å². The first kappa shape index (κ1) is 24.8. The molecule has 1 atom stereocenters. The highest BCUT2D eigenvalue weighted by Crippen LogP contribution is 2.31. The Labute approximate surface area is 218 Å². The van der Waals surface area contributed by atoms with Crippen molar-refractivity contribution in [1.82, 2.24) is 15.0 Å². The lowest BCUT2D eigenvalue weighted by atomic mass is 10.0. The molecule has 9 nitrogen and oxygen atoms in total. The molecule has 1 fully saturated rings. The summed E-state index contributed by atoms with van der Waals surface area (Å²) in [5.74, 6) is 0.441. The number of benzene rings is 2. The van der Waals surface area contributed by atoms with Gasteiger partial charge in [-0.05, 0) is 61.2 Å². The Kier molecular flexibility index (Phi) is 7.10. The topological polar surface area (TPSA) is 126 Å². The molecule has 4 N–H and O–H groups in total. The van der Waals surface area contributed by atoms with Crippen molar-refractivity contribution in [1.29, 1.82) is 0 Å². The van der Waals surface area contributed by atoms with Crippen molar-refractivity contribution >= 4 is 40.1 Å². The number of carbonyl (C=O) groups excluding carboxylic acids is 1. The number of H-pyrrole nitrogens is 2. The number of aryl methyl sites for hydroxylation is 1. The maximum Gasteiger partial charge on any atom is 0.261 e. The average molecular weight is 519 g/mol. The summed E-state index contributed by atoms with van der Waals surface area (Å²) in [5.41, 5.74) is 4.96. The first-order valence-corrected chi connectivity index (χ1v) is 12.5. The van der Waals surface area contributed by atoms with Crippen molar-refractivity contribution < 1.29 is 9.90 Å². The second-order valence-corrected chi connectivity index (χ2v) is 9.67. The summed E-state index contributed by atoms with van der Waals surface area (Å²) in [6, 6.07) is 13.0. The maximum absolute atomic E-state index is 12.9. The van der Waals surface area contributed by atoms with Crippen LogP contribution in [0, 0.1) is 6.92 Å². The number of pyridine rings is 1. The Balaban J connectivity index is 1.41. The average Bonchev–Trinajstić information content (AvgIpc) is 3.32. The summed E-state index contributed by atoms with van der Waals surface area (Å²) in [7, 11) is 0. The molecule has 2 aromatic carbocycles. The number of imidazole rings is 1. The van der Waals surface area contributed by atoms with Crippen LogP contribution in [0.15, 0.2) is 58.4 Å². The molecule has 0 amide bonds. The van der Waals surface area contributed by atoms with Crippen molar-refractivity contribution in [2.24, 2.45) is 4.99 Å². The van der Waals surface area contributed by atoms with E-state index in [1.165, 1.54) is 0 Å². The van der Waals surface area contributed by atoms with Crippen molar-refractivity contribution in [3.63, 3.8) is 0 Å². The van der Waals surface area contributed by atoms with Gasteiger partial charge in [0, 0.05) is 36.5 Å². The fourth-order valence-electron chi connectivity index (χ4n) is 4.80. The molecule has 1 unspecified atom stereocenters. The summed E-state index contributed by atoms with van der Waals surface area (Å²) in [6.07, 6.45) is 4.02. The molecule has 5 rings (SSSR count). The molecule has 2 aromatic heterocycles. The maximum atomic E-state index is 12.9. The molecule has 0 bridgehead atoms. The van der Waals surface area contributed by atoms with Gasteiger partial charge in [0.15, 0.2) is 0 Å². The number of halogens is 1. The third kappa shape index (κ3) is 5.29. The van der Waals surface area contributed by atoms with E-state index in [0.717, 1.165) is 48.2 Å². The van der Waals surface area contributed by atoms with Gasteiger partial charge in [0.25, 0.3) is 5.56 Å². The second kappa shape index (κ2) is 10.6. The number of aliphatic hydroxyl groups is 1. The van der Waals surface area contributed by atoms with Crippen LogP contribution in [-0.4, -0.2) is 51.8 Å². The lowest BCUT2D eigenvalue weighted by molar-refractivity contribution is 0.191. The molecule has 1 aliphatic rings. The molecule has 10 heteroatoms. The van der Waals surface area contributed by atoms with E-state index in [0.29, 0.717) is 27.7 Å². The van der Waals surface area contributed by atoms with Gasteiger partial charge in [0.1, 0.15) is 11.4 Å². The van der Waals surface area contributed by atoms with Gasteiger partial charge in [-0.25, -0.2) is 14.8 Å². The molecule has 4 aromatic rings. The highest BCUT2D eigenvalue weighted by Gasteiger charge is 2.21. The summed E-state index contributed by atoms with van der Waals surface area (Å²) in [6.45, 7) is 3.77. The number of aliphatic imine (C=N–C) groups is 1. The van der Waals surface area contributed by atoms with Gasteiger partial charge in [-0.15, -0.1) is 0 Å². The Morgan fingerprint density at radius 2 is 2.08 bits per heavy atom. The minimum atomic E-state index is -0.812. The zero-order valence-corrected chi connectivity index (χ0v) is 21.0. The fraction of sp³-hybridized carbons (Fsp3) is 0.296. The highest BCUT2D eigenvalue weighted by molar-refractivity contribution is 6.30. The molecular weight excluding hydrogens is 492 g/mol. The number of aromatic amines is 2. The van der Waals surface area contributed by atoms with Crippen LogP contribution in [0.1, 0.15) is 30.1 Å². The van der Waals surface area contributed by atoms with Gasteiger partial charge >= 0.3 is 0 Å². The molecule has 190 valence electrons. The Morgan fingerprint density at radius 1 is 1.27 bits per heavy atom. The monoisotopic (exact) mass is 518 g/mol. The molecule has 0 spiro atoms. The lowest BCUT2D eigenvalue weighted by Crippen LogP contribution is -2.35. The zero-order valence-electron chi connectivity index (χ0n) is 20.3. The van der Waals surface area contributed by atoms with Crippen molar-refractivity contribution in [2.45, 2.75) is 31.9 Å². The minimum absolute atomic E-state index is 0.0328. The van der Waals surface area contributed by atoms with E-state index >= 15 is 0 Å². The number of rotatable bonds is 7. The first-order chi connectivity index (χ1) is 17.9. The number of isocyanates is 1. The summed E-state index contributed by atoms with van der Waals surface area (Å²) in [4.78, 5) is 40.4. The van der Waals surface area contributed by atoms with Crippen LogP contribution in [0.5, 0.6) is 0 Å². The smallest absolute Gasteiger partial charge is 0.261 e. The third-order valence-electron chi connectivity index (χ3n) is 6.74. The van der Waals surface area contributed by atoms with Crippen LogP contribution in [0.4, 0.5) is 11.4 Å². The summed E-state index contributed by atoms with van der Waals surface area (Å²) >= 11 is 6.05. The number of fused-ring (bicyclic) bond motifs is 1. The molecule has 1 saturated heterocycles. The number of hydrogen-bond acceptors (Lipinski definition) is 7. The SMILES string of the molecule is Cc1cc(N2CCC(N=C=O)CC2)cc2[nH]c(-c3c(NCC(O)c4cccc(Cl)c4)cc[nH]c3=O)nc12. The number of nitrogens with one attached hydrogen (secondary N) is 3. The van der Waals surface area contributed by atoms with Gasteiger partial charge in [0.2, 0.25) is 6.08 Å². The van der Waals surface area contributed by atoms with E-state index in [9.17, 15) is 14.7 Å². The number of piperidine rings is 1. The van der Waals surface area contributed by atoms with Gasteiger partial charge in [0.05, 0.1) is 28.9 Å². The summed E-state index contributed by atoms with van der Waals surface area (Å²) < 4.78 is 0. The number of aliphatic hydroxyl groups excluding tert-OH is 1. The number of aromatic nitrogens is 3. The minimum Gasteiger partial charge on any atom is -0.387 e. The lowest BCUT2D eigenvalue weighted by Gasteiger charge is -2.31. The predicted molar refractivity (Wildman–Crippen MR) is 145 cm³/mol. The van der Waals surface area contributed by atoms with Gasteiger partial charge < -0.3 is 25.3 Å². The summed E-state index contributed by atoms with van der Waals surface area (Å²) in [5, 5.41) is 14.4. The van der Waals surface area contributed by atoms with E-state index in [2.05, 4.69) is 31.2 Å². The van der Waals surface area contributed by atoms with E-state index in [1.807, 2.05) is 13.0 Å². The Hall–Kier alpha value is -3.91. The van der Waals surface area contributed by atoms with Gasteiger partial charge in [-0.3, -0.25) is 4.79 Å². The van der Waals surface area contributed by atoms with Crippen LogP contribution in [0.25, 0.3) is 22.4 Å². The standard InChI is InChI=1S/C27H27ClN6O3/c1-16-11-20(34-9-6-19(7-10-34)31-15-35)13-22-25(16)33-26(32-22)24-21(5-8-29-27(24)37)30-14-23(36)17-3-2-4-18(28)12-17/h2-5,8,11-13,19,23,36H,6-7,9-10,14H2,1H3,(H,32,33)(H2,29,30,37). The van der Waals surface area contributed by atoms with Gasteiger partial charge in [-0.2, -0.15) is 0 Å². The van der Waals surface area contributed by atoms with Gasteiger partial charge in [-0.1, -0.05) is 23.7 Å². The highest BCUT2D eigenvalue weighted by atomic mass is 35.5. The number of anilines is 2. The van der Waals surface area contributed by atoms with E-state index in [4.69, 9.17) is 16.6 Å². The van der Waals surface area contributed by atoms with Crippen LogP contribution < -0.4 is 15.8 Å². The molecular formula is C27H27ClN6O3. The first-order valence-electron chi connectivity index (χ1n) is 12.1. The number of nitrogens with zero attached hydrogens (tertiary/aromatic N) is 3. The van der Waals surface area contributed by atoms with E-state index < -0.39 is 6.10 Å².